The average Bonchev–Trinajstić information content (AvgIpc) is 2.74. The third kappa shape index (κ3) is 1.76. The summed E-state index contributed by atoms with van der Waals surface area (Å²) in [5.74, 6) is 0.634. The monoisotopic (exact) mass is 212 g/mol. The van der Waals surface area contributed by atoms with Crippen molar-refractivity contribution in [1.82, 2.24) is 10.2 Å². The Bertz CT molecular complexity index is 257. The summed E-state index contributed by atoms with van der Waals surface area (Å²) >= 11 is 0. The number of aliphatic carboxylic acids is 1. The first kappa shape index (κ1) is 10.9. The lowest BCUT2D eigenvalue weighted by Gasteiger charge is -2.29. The van der Waals surface area contributed by atoms with E-state index in [1.54, 1.807) is 6.92 Å². The first-order chi connectivity index (χ1) is 7.15. The smallest absolute Gasteiger partial charge is 0.320 e. The molecule has 4 nitrogen and oxygen atoms in total. The summed E-state index contributed by atoms with van der Waals surface area (Å²) in [6.45, 7) is 7.03. The van der Waals surface area contributed by atoms with Gasteiger partial charge in [-0.2, -0.15) is 0 Å². The van der Waals surface area contributed by atoms with Crippen molar-refractivity contribution in [3.63, 3.8) is 0 Å². The number of carboxylic acids is 1. The number of nitrogens with zero attached hydrogens (tertiary/aromatic N) is 1. The summed E-state index contributed by atoms with van der Waals surface area (Å²) in [5.41, 5.74) is 0. The van der Waals surface area contributed by atoms with E-state index in [2.05, 4.69) is 17.1 Å². The SMILES string of the molecule is CCC1C2CNCC2CN1C(C)C(=O)O. The highest BCUT2D eigenvalue weighted by Gasteiger charge is 2.45. The van der Waals surface area contributed by atoms with Gasteiger partial charge in [-0.3, -0.25) is 9.69 Å². The summed E-state index contributed by atoms with van der Waals surface area (Å²) in [6, 6.07) is 0.122. The molecule has 4 heteroatoms. The van der Waals surface area contributed by atoms with Gasteiger partial charge < -0.3 is 10.4 Å². The maximum atomic E-state index is 11.0. The Kier molecular flexibility index (Phi) is 2.98. The largest absolute Gasteiger partial charge is 0.480 e. The Morgan fingerprint density at radius 3 is 2.93 bits per heavy atom. The van der Waals surface area contributed by atoms with Crippen LogP contribution in [0.25, 0.3) is 0 Å². The number of rotatable bonds is 3. The van der Waals surface area contributed by atoms with Crippen LogP contribution >= 0.6 is 0 Å². The van der Waals surface area contributed by atoms with Crippen LogP contribution in [0.3, 0.4) is 0 Å². The normalized spacial score (nSPS) is 37.9. The van der Waals surface area contributed by atoms with E-state index in [1.165, 1.54) is 0 Å². The molecule has 0 aromatic carbocycles. The standard InChI is InChI=1S/C11H20N2O2/c1-3-10-9-5-12-4-8(9)6-13(10)7(2)11(14)15/h7-10,12H,3-6H2,1-2H3,(H,14,15). The van der Waals surface area contributed by atoms with Crippen molar-refractivity contribution in [1.29, 1.82) is 0 Å². The Morgan fingerprint density at radius 2 is 2.33 bits per heavy atom. The fraction of sp³-hybridized carbons (Fsp3) is 0.909. The van der Waals surface area contributed by atoms with E-state index in [9.17, 15) is 4.79 Å². The topological polar surface area (TPSA) is 52.6 Å². The van der Waals surface area contributed by atoms with Crippen LogP contribution in [0.2, 0.25) is 0 Å². The molecule has 0 aliphatic carbocycles. The molecule has 2 heterocycles. The third-order valence-electron chi connectivity index (χ3n) is 4.03. The van der Waals surface area contributed by atoms with E-state index in [0.717, 1.165) is 26.1 Å². The molecule has 2 saturated heterocycles. The van der Waals surface area contributed by atoms with E-state index >= 15 is 0 Å². The highest BCUT2D eigenvalue weighted by Crippen LogP contribution is 2.35. The number of carboxylic acid groups (broad SMARTS) is 1. The molecule has 0 amide bonds. The quantitative estimate of drug-likeness (QED) is 0.710. The number of carbonyl (C=O) groups is 1. The molecule has 4 atom stereocenters. The first-order valence-electron chi connectivity index (χ1n) is 5.84. The van der Waals surface area contributed by atoms with E-state index in [4.69, 9.17) is 5.11 Å². The zero-order valence-electron chi connectivity index (χ0n) is 9.44. The van der Waals surface area contributed by atoms with Crippen molar-refractivity contribution in [3.8, 4) is 0 Å². The fourth-order valence-corrected chi connectivity index (χ4v) is 3.18. The van der Waals surface area contributed by atoms with Crippen molar-refractivity contribution in [2.75, 3.05) is 19.6 Å². The molecule has 2 fully saturated rings. The second-order valence-corrected chi connectivity index (χ2v) is 4.77. The van der Waals surface area contributed by atoms with Crippen LogP contribution in [0.5, 0.6) is 0 Å². The Labute approximate surface area is 90.6 Å². The van der Waals surface area contributed by atoms with E-state index in [1.807, 2.05) is 0 Å². The van der Waals surface area contributed by atoms with Gasteiger partial charge in [0.2, 0.25) is 0 Å². The van der Waals surface area contributed by atoms with Crippen molar-refractivity contribution in [2.24, 2.45) is 11.8 Å². The van der Waals surface area contributed by atoms with Crippen molar-refractivity contribution in [3.05, 3.63) is 0 Å². The maximum Gasteiger partial charge on any atom is 0.320 e. The minimum Gasteiger partial charge on any atom is -0.480 e. The van der Waals surface area contributed by atoms with Crippen LogP contribution < -0.4 is 5.32 Å². The molecule has 86 valence electrons. The molecule has 2 N–H and O–H groups in total. The molecule has 0 bridgehead atoms. The molecule has 2 rings (SSSR count). The van der Waals surface area contributed by atoms with E-state index in [-0.39, 0.29) is 6.04 Å². The minimum absolute atomic E-state index is 0.333. The zero-order chi connectivity index (χ0) is 11.0. The van der Waals surface area contributed by atoms with Crippen LogP contribution in [0, 0.1) is 11.8 Å². The van der Waals surface area contributed by atoms with Crippen LogP contribution in [-0.2, 0) is 4.79 Å². The van der Waals surface area contributed by atoms with Crippen LogP contribution in [0.15, 0.2) is 0 Å². The molecule has 0 radical (unpaired) electrons. The van der Waals surface area contributed by atoms with Gasteiger partial charge in [0.15, 0.2) is 0 Å². The predicted octanol–water partition coefficient (Wildman–Crippen LogP) is 0.389. The molecule has 2 aliphatic heterocycles. The summed E-state index contributed by atoms with van der Waals surface area (Å²) in [6.07, 6.45) is 1.06. The van der Waals surface area contributed by atoms with Crippen LogP contribution in [0.4, 0.5) is 0 Å². The zero-order valence-corrected chi connectivity index (χ0v) is 9.44. The highest BCUT2D eigenvalue weighted by molar-refractivity contribution is 5.73. The summed E-state index contributed by atoms with van der Waals surface area (Å²) < 4.78 is 0. The summed E-state index contributed by atoms with van der Waals surface area (Å²) in [7, 11) is 0. The number of fused-ring (bicyclic) bond motifs is 1. The van der Waals surface area contributed by atoms with Gasteiger partial charge in [-0.05, 0) is 38.3 Å². The summed E-state index contributed by atoms with van der Waals surface area (Å²) in [4.78, 5) is 13.2. The van der Waals surface area contributed by atoms with Gasteiger partial charge in [-0.1, -0.05) is 6.92 Å². The van der Waals surface area contributed by atoms with Gasteiger partial charge in [-0.15, -0.1) is 0 Å². The lowest BCUT2D eigenvalue weighted by molar-refractivity contribution is -0.143. The van der Waals surface area contributed by atoms with Crippen molar-refractivity contribution >= 4 is 5.97 Å². The van der Waals surface area contributed by atoms with Crippen LogP contribution in [0.1, 0.15) is 20.3 Å². The molecular formula is C11H20N2O2. The fourth-order valence-electron chi connectivity index (χ4n) is 3.18. The van der Waals surface area contributed by atoms with E-state index in [0.29, 0.717) is 17.9 Å². The second kappa shape index (κ2) is 4.10. The van der Waals surface area contributed by atoms with Crippen LogP contribution in [-0.4, -0.2) is 47.7 Å². The lowest BCUT2D eigenvalue weighted by Crippen LogP contribution is -2.44. The van der Waals surface area contributed by atoms with Crippen molar-refractivity contribution in [2.45, 2.75) is 32.4 Å². The predicted molar refractivity (Wildman–Crippen MR) is 57.7 cm³/mol. The number of likely N-dealkylation sites (tertiary alicyclic amines) is 1. The molecule has 0 saturated carbocycles. The van der Waals surface area contributed by atoms with Gasteiger partial charge in [0.25, 0.3) is 0 Å². The van der Waals surface area contributed by atoms with Crippen molar-refractivity contribution < 1.29 is 9.90 Å². The Morgan fingerprint density at radius 1 is 1.60 bits per heavy atom. The second-order valence-electron chi connectivity index (χ2n) is 4.77. The molecule has 0 aromatic rings. The van der Waals surface area contributed by atoms with Gasteiger partial charge in [0, 0.05) is 12.6 Å². The van der Waals surface area contributed by atoms with E-state index < -0.39 is 5.97 Å². The molecule has 0 spiro atoms. The minimum atomic E-state index is -0.693. The Hall–Kier alpha value is -0.610. The third-order valence-corrected chi connectivity index (χ3v) is 4.03. The number of nitrogens with one attached hydrogen (secondary N) is 1. The number of hydrogen-bond donors (Lipinski definition) is 2. The first-order valence-corrected chi connectivity index (χ1v) is 5.84. The lowest BCUT2D eigenvalue weighted by atomic mass is 9.92. The average molecular weight is 212 g/mol. The molecule has 15 heavy (non-hydrogen) atoms. The number of hydrogen-bond acceptors (Lipinski definition) is 3. The van der Waals surface area contributed by atoms with Gasteiger partial charge in [0.1, 0.15) is 6.04 Å². The van der Waals surface area contributed by atoms with Gasteiger partial charge in [-0.25, -0.2) is 0 Å². The molecule has 2 aliphatic rings. The summed E-state index contributed by atoms with van der Waals surface area (Å²) in [5, 5.41) is 12.5. The molecule has 0 aromatic heterocycles. The highest BCUT2D eigenvalue weighted by atomic mass is 16.4. The molecule has 4 unspecified atom stereocenters. The Balaban J connectivity index is 2.10. The van der Waals surface area contributed by atoms with Gasteiger partial charge >= 0.3 is 5.97 Å². The maximum absolute atomic E-state index is 11.0. The van der Waals surface area contributed by atoms with Gasteiger partial charge in [0.05, 0.1) is 0 Å². The molecular weight excluding hydrogens is 192 g/mol.